The fourth-order valence-corrected chi connectivity index (χ4v) is 4.30. The van der Waals surface area contributed by atoms with Crippen LogP contribution in [0.5, 0.6) is 0 Å². The molecule has 21 heavy (non-hydrogen) atoms. The number of anilines is 1. The van der Waals surface area contributed by atoms with Gasteiger partial charge in [-0.3, -0.25) is 4.31 Å². The van der Waals surface area contributed by atoms with Crippen LogP contribution in [0.25, 0.3) is 0 Å². The van der Waals surface area contributed by atoms with Crippen molar-refractivity contribution in [3.63, 3.8) is 0 Å². The van der Waals surface area contributed by atoms with E-state index in [2.05, 4.69) is 4.98 Å². The summed E-state index contributed by atoms with van der Waals surface area (Å²) in [5.41, 5.74) is 8.12. The van der Waals surface area contributed by atoms with Crippen LogP contribution in [-0.2, 0) is 23.0 Å². The Bertz CT molecular complexity index is 757. The molecule has 0 bridgehead atoms. The van der Waals surface area contributed by atoms with Gasteiger partial charge in [0, 0.05) is 18.8 Å². The molecule has 0 amide bonds. The molecule has 1 atom stereocenters. The Hall–Kier alpha value is -1.92. The maximum Gasteiger partial charge on any atom is 0.282 e. The third-order valence-electron chi connectivity index (χ3n) is 3.70. The lowest BCUT2D eigenvalue weighted by molar-refractivity contribution is 0.580. The zero-order chi connectivity index (χ0) is 15.0. The molecule has 2 N–H and O–H groups in total. The van der Waals surface area contributed by atoms with Crippen molar-refractivity contribution in [2.24, 2.45) is 5.73 Å². The lowest BCUT2D eigenvalue weighted by atomic mass is 10.1. The first-order valence-electron chi connectivity index (χ1n) is 6.81. The minimum atomic E-state index is -3.64. The summed E-state index contributed by atoms with van der Waals surface area (Å²) < 4.78 is 27.1. The predicted octanol–water partition coefficient (Wildman–Crippen LogP) is 1.68. The Morgan fingerprint density at radius 3 is 2.71 bits per heavy atom. The van der Waals surface area contributed by atoms with Gasteiger partial charge in [-0.15, -0.1) is 0 Å². The van der Waals surface area contributed by atoms with Gasteiger partial charge in [0.15, 0.2) is 5.03 Å². The van der Waals surface area contributed by atoms with Crippen LogP contribution in [-0.4, -0.2) is 19.4 Å². The Morgan fingerprint density at radius 1 is 1.29 bits per heavy atom. The van der Waals surface area contributed by atoms with Crippen LogP contribution in [0, 0.1) is 0 Å². The van der Waals surface area contributed by atoms with Gasteiger partial charge in [-0.05, 0) is 36.6 Å². The van der Waals surface area contributed by atoms with Crippen LogP contribution < -0.4 is 10.0 Å². The second kappa shape index (κ2) is 5.13. The predicted molar refractivity (Wildman–Crippen MR) is 81.4 cm³/mol. The number of rotatable bonds is 3. The fourth-order valence-electron chi connectivity index (χ4n) is 2.69. The maximum atomic E-state index is 12.8. The van der Waals surface area contributed by atoms with Gasteiger partial charge < -0.3 is 5.73 Å². The second-order valence-electron chi connectivity index (χ2n) is 5.19. The lowest BCUT2D eigenvalue weighted by Crippen LogP contribution is -2.36. The molecule has 5 nitrogen and oxygen atoms in total. The summed E-state index contributed by atoms with van der Waals surface area (Å²) in [7, 11) is -3.64. The highest BCUT2D eigenvalue weighted by Gasteiger charge is 2.36. The quantitative estimate of drug-likeness (QED) is 0.936. The Labute approximate surface area is 124 Å². The van der Waals surface area contributed by atoms with E-state index in [1.807, 2.05) is 31.2 Å². The number of nitrogens with zero attached hydrogens (tertiary/aromatic N) is 2. The number of hydrogen-bond donors (Lipinski definition) is 1. The monoisotopic (exact) mass is 303 g/mol. The number of benzene rings is 1. The van der Waals surface area contributed by atoms with Crippen LogP contribution in [0.2, 0.25) is 0 Å². The normalized spacial score (nSPS) is 17.8. The van der Waals surface area contributed by atoms with E-state index in [9.17, 15) is 8.42 Å². The number of para-hydroxylation sites is 1. The van der Waals surface area contributed by atoms with E-state index in [0.29, 0.717) is 6.54 Å². The molecule has 0 spiro atoms. The van der Waals surface area contributed by atoms with Crippen molar-refractivity contribution in [1.82, 2.24) is 4.98 Å². The van der Waals surface area contributed by atoms with Crippen LogP contribution in [0.15, 0.2) is 47.6 Å². The van der Waals surface area contributed by atoms with Crippen molar-refractivity contribution in [3.8, 4) is 0 Å². The first-order chi connectivity index (χ1) is 10.0. The Morgan fingerprint density at radius 2 is 2.05 bits per heavy atom. The molecule has 1 aromatic heterocycles. The summed E-state index contributed by atoms with van der Waals surface area (Å²) >= 11 is 0. The number of nitrogens with two attached hydrogens (primary N) is 1. The van der Waals surface area contributed by atoms with E-state index in [4.69, 9.17) is 5.73 Å². The molecule has 1 unspecified atom stereocenters. The lowest BCUT2D eigenvalue weighted by Gasteiger charge is -2.23. The Balaban J connectivity index is 2.05. The molecule has 0 fully saturated rings. The number of pyridine rings is 1. The molecule has 0 saturated heterocycles. The highest BCUT2D eigenvalue weighted by molar-refractivity contribution is 7.92. The molecule has 2 aromatic rings. The van der Waals surface area contributed by atoms with Crippen LogP contribution >= 0.6 is 0 Å². The number of fused-ring (bicyclic) bond motifs is 1. The minimum Gasteiger partial charge on any atom is -0.326 e. The highest BCUT2D eigenvalue weighted by Crippen LogP contribution is 2.35. The molecule has 0 aliphatic carbocycles. The van der Waals surface area contributed by atoms with Gasteiger partial charge in [-0.2, -0.15) is 8.42 Å². The molecule has 3 rings (SSSR count). The molecule has 0 radical (unpaired) electrons. The number of sulfonamides is 1. The van der Waals surface area contributed by atoms with Gasteiger partial charge in [0.1, 0.15) is 0 Å². The standard InChI is InChI=1S/C15H17N3O2S/c1-11-8-13-4-2-3-5-14(13)18(11)21(19,20)15-7-6-12(9-16)10-17-15/h2-7,10-11H,8-9,16H2,1H3. The largest absolute Gasteiger partial charge is 0.326 e. The average molecular weight is 303 g/mol. The van der Waals surface area contributed by atoms with E-state index in [0.717, 1.165) is 23.2 Å². The van der Waals surface area contributed by atoms with E-state index in [-0.39, 0.29) is 11.1 Å². The zero-order valence-corrected chi connectivity index (χ0v) is 12.5. The number of aromatic nitrogens is 1. The van der Waals surface area contributed by atoms with Gasteiger partial charge in [-0.25, -0.2) is 4.98 Å². The summed E-state index contributed by atoms with van der Waals surface area (Å²) in [4.78, 5) is 4.06. The minimum absolute atomic E-state index is 0.0586. The van der Waals surface area contributed by atoms with Gasteiger partial charge >= 0.3 is 0 Å². The summed E-state index contributed by atoms with van der Waals surface area (Å²) in [5.74, 6) is 0. The summed E-state index contributed by atoms with van der Waals surface area (Å²) in [6.07, 6.45) is 2.23. The third-order valence-corrected chi connectivity index (χ3v) is 5.55. The third kappa shape index (κ3) is 2.30. The van der Waals surface area contributed by atoms with Crippen LogP contribution in [0.3, 0.4) is 0 Å². The Kier molecular flexibility index (Phi) is 3.43. The second-order valence-corrected chi connectivity index (χ2v) is 6.95. The molecular weight excluding hydrogens is 286 g/mol. The van der Waals surface area contributed by atoms with Gasteiger partial charge in [0.25, 0.3) is 10.0 Å². The molecule has 0 saturated carbocycles. The molecule has 2 heterocycles. The molecule has 1 aliphatic heterocycles. The summed E-state index contributed by atoms with van der Waals surface area (Å²) in [5, 5.41) is 0.0586. The van der Waals surface area contributed by atoms with Crippen molar-refractivity contribution in [2.75, 3.05) is 4.31 Å². The maximum absolute atomic E-state index is 12.8. The van der Waals surface area contributed by atoms with Gasteiger partial charge in [0.05, 0.1) is 5.69 Å². The van der Waals surface area contributed by atoms with E-state index in [1.54, 1.807) is 6.07 Å². The first-order valence-corrected chi connectivity index (χ1v) is 8.25. The first kappa shape index (κ1) is 14.0. The van der Waals surface area contributed by atoms with E-state index >= 15 is 0 Å². The topological polar surface area (TPSA) is 76.3 Å². The smallest absolute Gasteiger partial charge is 0.282 e. The zero-order valence-electron chi connectivity index (χ0n) is 11.7. The molecule has 110 valence electrons. The summed E-state index contributed by atoms with van der Waals surface area (Å²) in [6.45, 7) is 2.25. The van der Waals surface area contributed by atoms with Crippen LogP contribution in [0.4, 0.5) is 5.69 Å². The highest BCUT2D eigenvalue weighted by atomic mass is 32.2. The van der Waals surface area contributed by atoms with E-state index in [1.165, 1.54) is 16.6 Å². The molecule has 1 aromatic carbocycles. The summed E-state index contributed by atoms with van der Waals surface area (Å²) in [6, 6.07) is 10.7. The number of hydrogen-bond acceptors (Lipinski definition) is 4. The van der Waals surface area contributed by atoms with Crippen molar-refractivity contribution >= 4 is 15.7 Å². The molecule has 6 heteroatoms. The molecular formula is C15H17N3O2S. The van der Waals surface area contributed by atoms with Crippen molar-refractivity contribution in [1.29, 1.82) is 0 Å². The van der Waals surface area contributed by atoms with Gasteiger partial charge in [0.2, 0.25) is 0 Å². The SMILES string of the molecule is CC1Cc2ccccc2N1S(=O)(=O)c1ccc(CN)cn1. The van der Waals surface area contributed by atoms with Gasteiger partial charge in [-0.1, -0.05) is 24.3 Å². The average Bonchev–Trinajstić information content (AvgIpc) is 2.83. The van der Waals surface area contributed by atoms with Crippen molar-refractivity contribution in [2.45, 2.75) is 31.0 Å². The van der Waals surface area contributed by atoms with Crippen molar-refractivity contribution in [3.05, 3.63) is 53.7 Å². The van der Waals surface area contributed by atoms with Crippen molar-refractivity contribution < 1.29 is 8.42 Å². The van der Waals surface area contributed by atoms with E-state index < -0.39 is 10.0 Å². The molecule has 1 aliphatic rings. The van der Waals surface area contributed by atoms with Crippen LogP contribution in [0.1, 0.15) is 18.1 Å². The fraction of sp³-hybridized carbons (Fsp3) is 0.267.